The Labute approximate surface area is 138 Å². The Balaban J connectivity index is 2.79. The molecule has 0 unspecified atom stereocenters. The molecule has 1 aromatic rings. The highest BCUT2D eigenvalue weighted by atomic mass is 32.2. The second-order valence-electron chi connectivity index (χ2n) is 5.68. The van der Waals surface area contributed by atoms with Crippen LogP contribution in [0.15, 0.2) is 24.3 Å². The van der Waals surface area contributed by atoms with E-state index >= 15 is 0 Å². The van der Waals surface area contributed by atoms with Gasteiger partial charge in [0.2, 0.25) is 0 Å². The number of carbonyl (C=O) groups excluding carboxylic acids is 1. The summed E-state index contributed by atoms with van der Waals surface area (Å²) in [4.78, 5) is 13.8. The van der Waals surface area contributed by atoms with E-state index in [-0.39, 0.29) is 17.5 Å². The molecule has 1 rings (SSSR count). The summed E-state index contributed by atoms with van der Waals surface area (Å²) in [5.41, 5.74) is 0.915. The molecule has 0 fully saturated rings. The number of nitrogens with one attached hydrogen (secondary N) is 1. The molecule has 0 heterocycles. The van der Waals surface area contributed by atoms with Gasteiger partial charge in [-0.2, -0.15) is 8.42 Å². The lowest BCUT2D eigenvalue weighted by Gasteiger charge is -2.25. The van der Waals surface area contributed by atoms with Crippen molar-refractivity contribution in [2.45, 2.75) is 34.2 Å². The maximum atomic E-state index is 12.1. The highest BCUT2D eigenvalue weighted by Crippen LogP contribution is 2.16. The van der Waals surface area contributed by atoms with Gasteiger partial charge in [-0.25, -0.2) is 4.79 Å². The summed E-state index contributed by atoms with van der Waals surface area (Å²) in [6.07, 6.45) is 0. The first-order valence-electron chi connectivity index (χ1n) is 7.81. The lowest BCUT2D eigenvalue weighted by atomic mass is 10.1. The van der Waals surface area contributed by atoms with E-state index in [0.29, 0.717) is 25.6 Å². The Morgan fingerprint density at radius 2 is 1.83 bits per heavy atom. The number of urea groups is 1. The van der Waals surface area contributed by atoms with E-state index in [1.807, 2.05) is 6.92 Å². The summed E-state index contributed by atoms with van der Waals surface area (Å²) in [5, 5.41) is 2.80. The largest absolute Gasteiger partial charge is 0.382 e. The average Bonchev–Trinajstić information content (AvgIpc) is 2.48. The van der Waals surface area contributed by atoms with Crippen LogP contribution in [-0.2, 0) is 16.7 Å². The highest BCUT2D eigenvalue weighted by Gasteiger charge is 2.15. The van der Waals surface area contributed by atoms with Gasteiger partial charge in [0, 0.05) is 19.6 Å². The quantitative estimate of drug-likeness (QED) is 0.737. The van der Waals surface area contributed by atoms with Gasteiger partial charge in [-0.15, -0.1) is 0 Å². The van der Waals surface area contributed by atoms with E-state index < -0.39 is 10.1 Å². The Hall–Kier alpha value is -1.76. The molecular formula is C16H26N2O4S. The van der Waals surface area contributed by atoms with Crippen molar-refractivity contribution >= 4 is 16.1 Å². The molecule has 0 bridgehead atoms. The zero-order valence-electron chi connectivity index (χ0n) is 14.2. The standard InChI is InChI=1S/C16H26N2O4S/c1-5-17-16(19)18(11-13(3)4)12-14-7-9-15(10-8-14)22-23(20,21)6-2/h7-10,13H,5-6,11-12H2,1-4H3,(H,17,19). The maximum Gasteiger partial charge on any atom is 0.317 e. The summed E-state index contributed by atoms with van der Waals surface area (Å²) < 4.78 is 27.8. The monoisotopic (exact) mass is 342 g/mol. The normalized spacial score (nSPS) is 11.3. The number of amides is 2. The summed E-state index contributed by atoms with van der Waals surface area (Å²) in [6.45, 7) is 9.21. The molecule has 6 nitrogen and oxygen atoms in total. The zero-order chi connectivity index (χ0) is 17.5. The van der Waals surface area contributed by atoms with Crippen molar-refractivity contribution in [1.82, 2.24) is 10.2 Å². The maximum absolute atomic E-state index is 12.1. The van der Waals surface area contributed by atoms with Crippen molar-refractivity contribution in [2.75, 3.05) is 18.8 Å². The number of rotatable bonds is 8. The predicted molar refractivity (Wildman–Crippen MR) is 90.9 cm³/mol. The van der Waals surface area contributed by atoms with Gasteiger partial charge in [-0.3, -0.25) is 0 Å². The van der Waals surface area contributed by atoms with Crippen molar-refractivity contribution in [2.24, 2.45) is 5.92 Å². The van der Waals surface area contributed by atoms with Gasteiger partial charge in [0.05, 0.1) is 5.75 Å². The lowest BCUT2D eigenvalue weighted by molar-refractivity contribution is 0.188. The third-order valence-electron chi connectivity index (χ3n) is 3.07. The predicted octanol–water partition coefficient (Wildman–Crippen LogP) is 2.60. The number of benzene rings is 1. The van der Waals surface area contributed by atoms with Gasteiger partial charge in [-0.1, -0.05) is 26.0 Å². The molecule has 130 valence electrons. The van der Waals surface area contributed by atoms with E-state index in [0.717, 1.165) is 5.56 Å². The van der Waals surface area contributed by atoms with Crippen LogP contribution < -0.4 is 9.50 Å². The fourth-order valence-electron chi connectivity index (χ4n) is 2.00. The van der Waals surface area contributed by atoms with E-state index in [2.05, 4.69) is 19.2 Å². The lowest BCUT2D eigenvalue weighted by Crippen LogP contribution is -2.41. The molecule has 0 aromatic heterocycles. The molecule has 7 heteroatoms. The zero-order valence-corrected chi connectivity index (χ0v) is 15.0. The SMILES string of the molecule is CCNC(=O)N(Cc1ccc(OS(=O)(=O)CC)cc1)CC(C)C. The summed E-state index contributed by atoms with van der Waals surface area (Å²) in [6, 6.07) is 6.65. The van der Waals surface area contributed by atoms with Crippen molar-refractivity contribution in [3.8, 4) is 5.75 Å². The minimum atomic E-state index is -3.52. The fraction of sp³-hybridized carbons (Fsp3) is 0.562. The molecule has 0 saturated heterocycles. The fourth-order valence-corrected chi connectivity index (χ4v) is 2.52. The smallest absolute Gasteiger partial charge is 0.317 e. The van der Waals surface area contributed by atoms with Crippen LogP contribution in [0.4, 0.5) is 4.79 Å². The minimum Gasteiger partial charge on any atom is -0.382 e. The van der Waals surface area contributed by atoms with Gasteiger partial charge in [0.15, 0.2) is 0 Å². The van der Waals surface area contributed by atoms with Gasteiger partial charge >= 0.3 is 16.1 Å². The van der Waals surface area contributed by atoms with Crippen LogP contribution in [0.1, 0.15) is 33.3 Å². The van der Waals surface area contributed by atoms with Crippen LogP contribution in [0.5, 0.6) is 5.75 Å². The first-order chi connectivity index (χ1) is 10.8. The molecule has 0 aliphatic carbocycles. The molecule has 1 aromatic carbocycles. The molecule has 0 saturated carbocycles. The van der Waals surface area contributed by atoms with Crippen LogP contribution in [0.2, 0.25) is 0 Å². The second-order valence-corrected chi connectivity index (χ2v) is 7.54. The molecular weight excluding hydrogens is 316 g/mol. The molecule has 0 aliphatic rings. The molecule has 0 spiro atoms. The van der Waals surface area contributed by atoms with Gasteiger partial charge in [0.25, 0.3) is 0 Å². The van der Waals surface area contributed by atoms with Crippen molar-refractivity contribution in [3.05, 3.63) is 29.8 Å². The first-order valence-corrected chi connectivity index (χ1v) is 9.39. The van der Waals surface area contributed by atoms with Crippen LogP contribution >= 0.6 is 0 Å². The number of hydrogen-bond acceptors (Lipinski definition) is 4. The first kappa shape index (κ1) is 19.3. The van der Waals surface area contributed by atoms with Crippen molar-refractivity contribution in [3.63, 3.8) is 0 Å². The molecule has 0 aliphatic heterocycles. The number of carbonyl (C=O) groups is 1. The summed E-state index contributed by atoms with van der Waals surface area (Å²) in [5.74, 6) is 0.563. The van der Waals surface area contributed by atoms with E-state index in [9.17, 15) is 13.2 Å². The Bertz CT molecular complexity index is 597. The topological polar surface area (TPSA) is 75.7 Å². The van der Waals surface area contributed by atoms with E-state index in [1.165, 1.54) is 6.92 Å². The molecule has 23 heavy (non-hydrogen) atoms. The third-order valence-corrected chi connectivity index (χ3v) is 4.23. The number of nitrogens with zero attached hydrogens (tertiary/aromatic N) is 1. The van der Waals surface area contributed by atoms with E-state index in [1.54, 1.807) is 29.2 Å². The molecule has 0 radical (unpaired) electrons. The Kier molecular flexibility index (Phi) is 7.35. The van der Waals surface area contributed by atoms with Gasteiger partial charge in [-0.05, 0) is 37.5 Å². The van der Waals surface area contributed by atoms with Crippen molar-refractivity contribution in [1.29, 1.82) is 0 Å². The Morgan fingerprint density at radius 3 is 2.30 bits per heavy atom. The number of hydrogen-bond donors (Lipinski definition) is 1. The minimum absolute atomic E-state index is 0.0753. The average molecular weight is 342 g/mol. The second kappa shape index (κ2) is 8.76. The third kappa shape index (κ3) is 6.90. The van der Waals surface area contributed by atoms with Crippen LogP contribution in [0.25, 0.3) is 0 Å². The summed E-state index contributed by atoms with van der Waals surface area (Å²) >= 11 is 0. The summed E-state index contributed by atoms with van der Waals surface area (Å²) in [7, 11) is -3.52. The van der Waals surface area contributed by atoms with Crippen LogP contribution in [0, 0.1) is 5.92 Å². The molecule has 1 N–H and O–H groups in total. The van der Waals surface area contributed by atoms with E-state index in [4.69, 9.17) is 4.18 Å². The van der Waals surface area contributed by atoms with Crippen LogP contribution in [-0.4, -0.2) is 38.2 Å². The highest BCUT2D eigenvalue weighted by molar-refractivity contribution is 7.87. The van der Waals surface area contributed by atoms with Crippen LogP contribution in [0.3, 0.4) is 0 Å². The van der Waals surface area contributed by atoms with Crippen molar-refractivity contribution < 1.29 is 17.4 Å². The van der Waals surface area contributed by atoms with Gasteiger partial charge in [0.1, 0.15) is 5.75 Å². The van der Waals surface area contributed by atoms with Gasteiger partial charge < -0.3 is 14.4 Å². The Morgan fingerprint density at radius 1 is 1.22 bits per heavy atom. The molecule has 0 atom stereocenters. The molecule has 2 amide bonds.